The normalized spacial score (nSPS) is 10.4. The lowest BCUT2D eigenvalue weighted by molar-refractivity contribution is -0.639. The van der Waals surface area contributed by atoms with Gasteiger partial charge in [0.05, 0.1) is 0 Å². The number of benzene rings is 2. The van der Waals surface area contributed by atoms with E-state index in [0.717, 1.165) is 16.3 Å². The maximum Gasteiger partial charge on any atom is 0.305 e. The molecular formula is C17H15N2O+. The maximum atomic E-state index is 12.2. The Balaban J connectivity index is 1.87. The van der Waals surface area contributed by atoms with Gasteiger partial charge < -0.3 is 0 Å². The molecule has 98 valence electrons. The second kappa shape index (κ2) is 5.13. The van der Waals surface area contributed by atoms with Crippen LogP contribution in [0, 0.1) is 6.92 Å². The van der Waals surface area contributed by atoms with Crippen LogP contribution in [0.25, 0.3) is 10.8 Å². The maximum absolute atomic E-state index is 12.2. The van der Waals surface area contributed by atoms with Gasteiger partial charge in [0.1, 0.15) is 0 Å². The highest BCUT2D eigenvalue weighted by Gasteiger charge is 2.11. The van der Waals surface area contributed by atoms with Gasteiger partial charge in [0.15, 0.2) is 0 Å². The lowest BCUT2D eigenvalue weighted by Gasteiger charge is -2.02. The summed E-state index contributed by atoms with van der Waals surface area (Å²) >= 11 is 0. The molecule has 20 heavy (non-hydrogen) atoms. The lowest BCUT2D eigenvalue weighted by atomic mass is 10.1. The average molecular weight is 263 g/mol. The number of nitrogens with zero attached hydrogens (tertiary/aromatic N) is 1. The summed E-state index contributed by atoms with van der Waals surface area (Å²) in [5.74, 6) is -0.117. The topological polar surface area (TPSA) is 33.0 Å². The fraction of sp³-hybridized carbons (Fsp3) is 0.0588. The number of pyridine rings is 1. The van der Waals surface area contributed by atoms with E-state index in [1.165, 1.54) is 0 Å². The van der Waals surface area contributed by atoms with E-state index in [0.29, 0.717) is 5.56 Å². The van der Waals surface area contributed by atoms with E-state index in [1.807, 2.05) is 73.9 Å². The van der Waals surface area contributed by atoms with Crippen LogP contribution in [-0.2, 0) is 0 Å². The summed E-state index contributed by atoms with van der Waals surface area (Å²) in [5, 5.41) is 2.23. The van der Waals surface area contributed by atoms with Crippen LogP contribution in [0.5, 0.6) is 0 Å². The molecule has 0 aliphatic heterocycles. The zero-order valence-electron chi connectivity index (χ0n) is 11.2. The third kappa shape index (κ3) is 2.52. The van der Waals surface area contributed by atoms with Gasteiger partial charge in [-0.05, 0) is 30.5 Å². The van der Waals surface area contributed by atoms with E-state index in [2.05, 4.69) is 5.43 Å². The number of carbonyl (C=O) groups is 1. The van der Waals surface area contributed by atoms with Crippen LogP contribution >= 0.6 is 0 Å². The van der Waals surface area contributed by atoms with Crippen molar-refractivity contribution in [3.05, 3.63) is 78.1 Å². The molecule has 0 atom stereocenters. The Bertz CT molecular complexity index is 781. The standard InChI is InChI=1S/C17H14N2O/c1-13-5-4-8-15(11-13)17(20)18-19-10-9-14-6-2-3-7-16(14)12-19/h2-12H,1H3/p+1. The van der Waals surface area contributed by atoms with Gasteiger partial charge in [-0.25, -0.2) is 0 Å². The molecule has 0 saturated heterocycles. The highest BCUT2D eigenvalue weighted by Crippen LogP contribution is 2.09. The Morgan fingerprint density at radius 2 is 1.80 bits per heavy atom. The molecule has 0 radical (unpaired) electrons. The summed E-state index contributed by atoms with van der Waals surface area (Å²) in [6.45, 7) is 1.97. The Labute approximate surface area is 117 Å². The van der Waals surface area contributed by atoms with Gasteiger partial charge in [-0.15, -0.1) is 5.43 Å². The van der Waals surface area contributed by atoms with Gasteiger partial charge in [0.25, 0.3) is 0 Å². The van der Waals surface area contributed by atoms with Crippen LogP contribution in [0.3, 0.4) is 0 Å². The SMILES string of the molecule is Cc1cccc(C(=O)N[n+]2ccc3ccccc3c2)c1. The highest BCUT2D eigenvalue weighted by molar-refractivity contribution is 5.99. The van der Waals surface area contributed by atoms with E-state index < -0.39 is 0 Å². The van der Waals surface area contributed by atoms with E-state index >= 15 is 0 Å². The molecule has 3 heteroatoms. The van der Waals surface area contributed by atoms with Gasteiger partial charge in [-0.1, -0.05) is 40.6 Å². The van der Waals surface area contributed by atoms with Crippen LogP contribution < -0.4 is 10.1 Å². The van der Waals surface area contributed by atoms with E-state index in [4.69, 9.17) is 0 Å². The van der Waals surface area contributed by atoms with E-state index in [9.17, 15) is 4.79 Å². The summed E-state index contributed by atoms with van der Waals surface area (Å²) in [4.78, 5) is 12.2. The van der Waals surface area contributed by atoms with Crippen LogP contribution in [0.15, 0.2) is 67.0 Å². The molecule has 3 rings (SSSR count). The monoisotopic (exact) mass is 263 g/mol. The van der Waals surface area contributed by atoms with Crippen molar-refractivity contribution in [2.24, 2.45) is 0 Å². The third-order valence-corrected chi connectivity index (χ3v) is 3.20. The van der Waals surface area contributed by atoms with Crippen molar-refractivity contribution in [3.8, 4) is 0 Å². The molecule has 0 fully saturated rings. The van der Waals surface area contributed by atoms with Gasteiger partial charge in [-0.3, -0.25) is 4.79 Å². The molecule has 2 aromatic carbocycles. The molecule has 1 heterocycles. The first kappa shape index (κ1) is 12.4. The van der Waals surface area contributed by atoms with Crippen molar-refractivity contribution in [1.29, 1.82) is 0 Å². The first-order valence-electron chi connectivity index (χ1n) is 6.50. The molecule has 3 nitrogen and oxygen atoms in total. The molecule has 3 aromatic rings. The van der Waals surface area contributed by atoms with Gasteiger partial charge in [0, 0.05) is 17.0 Å². The third-order valence-electron chi connectivity index (χ3n) is 3.20. The number of hydrogen-bond donors (Lipinski definition) is 1. The van der Waals surface area contributed by atoms with Crippen molar-refractivity contribution in [2.45, 2.75) is 6.92 Å². The predicted octanol–water partition coefficient (Wildman–Crippen LogP) is 2.82. The van der Waals surface area contributed by atoms with Crippen molar-refractivity contribution >= 4 is 16.7 Å². The van der Waals surface area contributed by atoms with Crippen LogP contribution in [0.1, 0.15) is 15.9 Å². The number of carbonyl (C=O) groups excluding carboxylic acids is 1. The zero-order chi connectivity index (χ0) is 13.9. The Kier molecular flexibility index (Phi) is 3.17. The smallest absolute Gasteiger partial charge is 0.264 e. The fourth-order valence-electron chi connectivity index (χ4n) is 2.17. The summed E-state index contributed by atoms with van der Waals surface area (Å²) < 4.78 is 1.69. The van der Waals surface area contributed by atoms with Crippen molar-refractivity contribution in [3.63, 3.8) is 0 Å². The number of aryl methyl sites for hydroxylation is 1. The minimum atomic E-state index is -0.117. The minimum Gasteiger partial charge on any atom is -0.264 e. The molecule has 0 bridgehead atoms. The summed E-state index contributed by atoms with van der Waals surface area (Å²) in [5.41, 5.74) is 4.58. The number of rotatable bonds is 2. The van der Waals surface area contributed by atoms with Crippen LogP contribution in [-0.4, -0.2) is 5.91 Å². The minimum absolute atomic E-state index is 0.117. The fourth-order valence-corrected chi connectivity index (χ4v) is 2.17. The molecule has 0 unspecified atom stereocenters. The van der Waals surface area contributed by atoms with Gasteiger partial charge in [0.2, 0.25) is 12.4 Å². The Morgan fingerprint density at radius 3 is 2.60 bits per heavy atom. The molecule has 0 aliphatic rings. The number of amides is 1. The zero-order valence-corrected chi connectivity index (χ0v) is 11.2. The predicted molar refractivity (Wildman–Crippen MR) is 79.0 cm³/mol. The summed E-state index contributed by atoms with van der Waals surface area (Å²) in [7, 11) is 0. The lowest BCUT2D eigenvalue weighted by Crippen LogP contribution is -2.47. The van der Waals surface area contributed by atoms with E-state index in [-0.39, 0.29) is 5.91 Å². The Morgan fingerprint density at radius 1 is 1.00 bits per heavy atom. The quantitative estimate of drug-likeness (QED) is 0.709. The van der Waals surface area contributed by atoms with Crippen LogP contribution in [0.4, 0.5) is 0 Å². The first-order chi connectivity index (χ1) is 9.72. The molecular weight excluding hydrogens is 248 g/mol. The molecule has 0 spiro atoms. The van der Waals surface area contributed by atoms with Crippen molar-refractivity contribution < 1.29 is 9.47 Å². The van der Waals surface area contributed by atoms with Crippen LogP contribution in [0.2, 0.25) is 0 Å². The van der Waals surface area contributed by atoms with Crippen molar-refractivity contribution in [2.75, 3.05) is 5.43 Å². The number of aromatic nitrogens is 1. The second-order valence-electron chi connectivity index (χ2n) is 4.79. The van der Waals surface area contributed by atoms with Crippen molar-refractivity contribution in [1.82, 2.24) is 0 Å². The molecule has 0 aliphatic carbocycles. The summed E-state index contributed by atoms with van der Waals surface area (Å²) in [6, 6.07) is 17.6. The molecule has 1 amide bonds. The Hall–Kier alpha value is -2.68. The average Bonchev–Trinajstić information content (AvgIpc) is 2.47. The highest BCUT2D eigenvalue weighted by atomic mass is 16.2. The number of hydrogen-bond acceptors (Lipinski definition) is 1. The first-order valence-corrected chi connectivity index (χ1v) is 6.50. The molecule has 0 saturated carbocycles. The molecule has 1 aromatic heterocycles. The largest absolute Gasteiger partial charge is 0.305 e. The van der Waals surface area contributed by atoms with Gasteiger partial charge in [-0.2, -0.15) is 0 Å². The molecule has 1 N–H and O–H groups in total. The number of nitrogens with one attached hydrogen (secondary N) is 1. The summed E-state index contributed by atoms with van der Waals surface area (Å²) in [6.07, 6.45) is 3.75. The van der Waals surface area contributed by atoms with E-state index in [1.54, 1.807) is 4.68 Å². The van der Waals surface area contributed by atoms with Gasteiger partial charge >= 0.3 is 5.91 Å². The number of fused-ring (bicyclic) bond motifs is 1. The second-order valence-corrected chi connectivity index (χ2v) is 4.79.